The standard InChI is InChI=1S/C59H40N2O/c1-59(2)51-25-14-22-46(56(51)50-34-41-19-9-10-20-42(41)35-52(50)59)43-31-44(47-23-13-24-49-48-21-11-12-26-55(48)62-57(47)49)33-45(32-43)54-36-53(60-58(61-54)40-17-7-4-8-18-40)39-29-27-38(28-30-39)37-15-5-3-6-16-37/h3-36H,1-2H3. The van der Waals surface area contributed by atoms with Crippen molar-refractivity contribution in [3.63, 3.8) is 0 Å². The van der Waals surface area contributed by atoms with Crippen LogP contribution in [-0.2, 0) is 5.41 Å². The first-order valence-corrected chi connectivity index (χ1v) is 21.3. The molecule has 2 aromatic heterocycles. The van der Waals surface area contributed by atoms with Crippen molar-refractivity contribution in [1.82, 2.24) is 9.97 Å². The summed E-state index contributed by atoms with van der Waals surface area (Å²) in [7, 11) is 0. The third kappa shape index (κ3) is 5.89. The summed E-state index contributed by atoms with van der Waals surface area (Å²) < 4.78 is 6.69. The van der Waals surface area contributed by atoms with Crippen molar-refractivity contribution >= 4 is 32.7 Å². The number of nitrogens with zero attached hydrogens (tertiary/aromatic N) is 2. The Hall–Kier alpha value is -7.88. The molecule has 0 unspecified atom stereocenters. The normalized spacial score (nSPS) is 12.8. The van der Waals surface area contributed by atoms with Crippen LogP contribution in [0.25, 0.3) is 111 Å². The van der Waals surface area contributed by atoms with Crippen molar-refractivity contribution in [2.75, 3.05) is 0 Å². The molecule has 1 aliphatic carbocycles. The van der Waals surface area contributed by atoms with Gasteiger partial charge in [-0.25, -0.2) is 9.97 Å². The monoisotopic (exact) mass is 792 g/mol. The molecule has 0 amide bonds. The average molecular weight is 793 g/mol. The predicted octanol–water partition coefficient (Wildman–Crippen LogP) is 15.8. The fourth-order valence-electron chi connectivity index (χ4n) is 9.70. The SMILES string of the molecule is CC1(C)c2cc3ccccc3cc2-c2c(-c3cc(-c4cc(-c5ccc(-c6ccccc6)cc5)nc(-c5ccccc5)n4)cc(-c4cccc5c4oc4ccccc45)c3)cccc21. The number of benzene rings is 9. The number of fused-ring (bicyclic) bond motifs is 7. The van der Waals surface area contributed by atoms with Crippen LogP contribution in [-0.4, -0.2) is 9.97 Å². The molecular weight excluding hydrogens is 753 g/mol. The van der Waals surface area contributed by atoms with E-state index in [1.807, 2.05) is 24.3 Å². The summed E-state index contributed by atoms with van der Waals surface area (Å²) in [4.78, 5) is 10.6. The van der Waals surface area contributed by atoms with E-state index in [9.17, 15) is 0 Å². The number of hydrogen-bond acceptors (Lipinski definition) is 3. The third-order valence-corrected chi connectivity index (χ3v) is 12.9. The van der Waals surface area contributed by atoms with Crippen molar-refractivity contribution in [3.05, 3.63) is 217 Å². The predicted molar refractivity (Wildman–Crippen MR) is 257 cm³/mol. The summed E-state index contributed by atoms with van der Waals surface area (Å²) in [6.45, 7) is 4.72. The van der Waals surface area contributed by atoms with Crippen LogP contribution in [0.4, 0.5) is 0 Å². The molecule has 11 aromatic rings. The Morgan fingerprint density at radius 2 is 0.935 bits per heavy atom. The number of hydrogen-bond donors (Lipinski definition) is 0. The highest BCUT2D eigenvalue weighted by molar-refractivity contribution is 6.10. The largest absolute Gasteiger partial charge is 0.455 e. The van der Waals surface area contributed by atoms with Crippen molar-refractivity contribution in [1.29, 1.82) is 0 Å². The van der Waals surface area contributed by atoms with E-state index < -0.39 is 0 Å². The van der Waals surface area contributed by atoms with Crippen molar-refractivity contribution in [2.45, 2.75) is 19.3 Å². The van der Waals surface area contributed by atoms with E-state index in [4.69, 9.17) is 14.4 Å². The van der Waals surface area contributed by atoms with Gasteiger partial charge in [-0.3, -0.25) is 0 Å². The molecule has 2 heterocycles. The maximum absolute atomic E-state index is 6.69. The molecule has 292 valence electrons. The molecule has 0 bridgehead atoms. The number of para-hydroxylation sites is 2. The highest BCUT2D eigenvalue weighted by atomic mass is 16.3. The molecule has 0 aliphatic heterocycles. The molecule has 0 spiro atoms. The van der Waals surface area contributed by atoms with Gasteiger partial charge < -0.3 is 4.42 Å². The van der Waals surface area contributed by atoms with Gasteiger partial charge in [-0.15, -0.1) is 0 Å². The van der Waals surface area contributed by atoms with E-state index in [1.165, 1.54) is 44.2 Å². The van der Waals surface area contributed by atoms with Gasteiger partial charge in [0, 0.05) is 38.4 Å². The van der Waals surface area contributed by atoms with Crippen molar-refractivity contribution in [2.24, 2.45) is 0 Å². The van der Waals surface area contributed by atoms with E-state index >= 15 is 0 Å². The molecule has 1 aliphatic rings. The Balaban J connectivity index is 1.11. The molecule has 0 fully saturated rings. The zero-order chi connectivity index (χ0) is 41.4. The summed E-state index contributed by atoms with van der Waals surface area (Å²) >= 11 is 0. The lowest BCUT2D eigenvalue weighted by molar-refractivity contribution is 0.661. The van der Waals surface area contributed by atoms with E-state index in [0.717, 1.165) is 72.3 Å². The van der Waals surface area contributed by atoms with Gasteiger partial charge in [-0.05, 0) is 103 Å². The Morgan fingerprint density at radius 1 is 0.371 bits per heavy atom. The van der Waals surface area contributed by atoms with Crippen LogP contribution >= 0.6 is 0 Å². The summed E-state index contributed by atoms with van der Waals surface area (Å²) in [5, 5.41) is 4.72. The van der Waals surface area contributed by atoms with Crippen molar-refractivity contribution < 1.29 is 4.42 Å². The van der Waals surface area contributed by atoms with Gasteiger partial charge in [0.2, 0.25) is 0 Å². The van der Waals surface area contributed by atoms with Gasteiger partial charge in [0.05, 0.1) is 11.4 Å². The van der Waals surface area contributed by atoms with Gasteiger partial charge in [0.15, 0.2) is 5.82 Å². The molecule has 3 nitrogen and oxygen atoms in total. The summed E-state index contributed by atoms with van der Waals surface area (Å²) in [6, 6.07) is 73.7. The lowest BCUT2D eigenvalue weighted by Gasteiger charge is -2.22. The van der Waals surface area contributed by atoms with Gasteiger partial charge >= 0.3 is 0 Å². The maximum atomic E-state index is 6.69. The topological polar surface area (TPSA) is 38.9 Å². The van der Waals surface area contributed by atoms with Crippen LogP contribution in [0.2, 0.25) is 0 Å². The molecule has 12 rings (SSSR count). The molecule has 3 heteroatoms. The lowest BCUT2D eigenvalue weighted by Crippen LogP contribution is -2.14. The van der Waals surface area contributed by atoms with Gasteiger partial charge in [0.25, 0.3) is 0 Å². The lowest BCUT2D eigenvalue weighted by atomic mass is 9.81. The minimum atomic E-state index is -0.173. The Kier molecular flexibility index (Phi) is 8.20. The molecule has 0 saturated heterocycles. The highest BCUT2D eigenvalue weighted by Crippen LogP contribution is 2.54. The smallest absolute Gasteiger partial charge is 0.160 e. The molecule has 0 radical (unpaired) electrons. The van der Waals surface area contributed by atoms with Crippen LogP contribution in [0.3, 0.4) is 0 Å². The summed E-state index contributed by atoms with van der Waals surface area (Å²) in [5.41, 5.74) is 18.3. The second-order valence-corrected chi connectivity index (χ2v) is 16.9. The minimum absolute atomic E-state index is 0.173. The van der Waals surface area contributed by atoms with E-state index in [1.54, 1.807) is 0 Å². The molecular formula is C59H40N2O. The van der Waals surface area contributed by atoms with E-state index in [-0.39, 0.29) is 5.41 Å². The van der Waals surface area contributed by atoms with Crippen LogP contribution in [0.15, 0.2) is 211 Å². The minimum Gasteiger partial charge on any atom is -0.455 e. The van der Waals surface area contributed by atoms with E-state index in [0.29, 0.717) is 5.82 Å². The first-order chi connectivity index (χ1) is 30.5. The Labute approximate surface area is 360 Å². The summed E-state index contributed by atoms with van der Waals surface area (Å²) in [6.07, 6.45) is 0. The summed E-state index contributed by atoms with van der Waals surface area (Å²) in [5.74, 6) is 0.680. The van der Waals surface area contributed by atoms with E-state index in [2.05, 4.69) is 196 Å². The Bertz CT molecular complexity index is 3530. The molecule has 62 heavy (non-hydrogen) atoms. The molecule has 0 atom stereocenters. The first-order valence-electron chi connectivity index (χ1n) is 21.3. The first kappa shape index (κ1) is 36.0. The fourth-order valence-corrected chi connectivity index (χ4v) is 9.70. The Morgan fingerprint density at radius 3 is 1.71 bits per heavy atom. The van der Waals surface area contributed by atoms with Crippen LogP contribution < -0.4 is 0 Å². The van der Waals surface area contributed by atoms with Crippen molar-refractivity contribution in [3.8, 4) is 78.4 Å². The fraction of sp³-hybridized carbons (Fsp3) is 0.0508. The zero-order valence-corrected chi connectivity index (χ0v) is 34.4. The molecule has 0 N–H and O–H groups in total. The number of aromatic nitrogens is 2. The van der Waals surface area contributed by atoms with Crippen LogP contribution in [0.5, 0.6) is 0 Å². The second-order valence-electron chi connectivity index (χ2n) is 16.9. The van der Waals surface area contributed by atoms with Gasteiger partial charge in [0.1, 0.15) is 11.2 Å². The van der Waals surface area contributed by atoms with Gasteiger partial charge in [-0.2, -0.15) is 0 Å². The molecule has 9 aromatic carbocycles. The maximum Gasteiger partial charge on any atom is 0.160 e. The average Bonchev–Trinajstić information content (AvgIpc) is 3.82. The number of rotatable bonds is 6. The highest BCUT2D eigenvalue weighted by Gasteiger charge is 2.37. The van der Waals surface area contributed by atoms with Gasteiger partial charge in [-0.1, -0.05) is 178 Å². The quantitative estimate of drug-likeness (QED) is 0.168. The second kappa shape index (κ2) is 14.1. The molecule has 0 saturated carbocycles. The van der Waals surface area contributed by atoms with Crippen LogP contribution in [0, 0.1) is 0 Å². The zero-order valence-electron chi connectivity index (χ0n) is 34.4. The third-order valence-electron chi connectivity index (χ3n) is 12.9. The van der Waals surface area contributed by atoms with Crippen LogP contribution in [0.1, 0.15) is 25.0 Å². The number of furan rings is 1.